The average Bonchev–Trinajstić information content (AvgIpc) is 2.23. The molecule has 1 aromatic carbocycles. The van der Waals surface area contributed by atoms with Crippen LogP contribution in [0.25, 0.3) is 0 Å². The van der Waals surface area contributed by atoms with Gasteiger partial charge in [0.2, 0.25) is 0 Å². The molecule has 0 spiro atoms. The van der Waals surface area contributed by atoms with E-state index in [1.165, 1.54) is 5.56 Å². The van der Waals surface area contributed by atoms with Crippen LogP contribution in [0.2, 0.25) is 5.02 Å². The SMILES string of the molecule is CN(C)C(C)(C)CNCc1ccc(Br)c(Cl)c1. The molecule has 0 aliphatic heterocycles. The Hall–Kier alpha value is -0.0900. The Morgan fingerprint density at radius 2 is 2.00 bits per heavy atom. The third kappa shape index (κ3) is 4.59. The van der Waals surface area contributed by atoms with Gasteiger partial charge in [0.05, 0.1) is 5.02 Å². The highest BCUT2D eigenvalue weighted by atomic mass is 79.9. The molecule has 1 N–H and O–H groups in total. The molecule has 0 radical (unpaired) electrons. The van der Waals surface area contributed by atoms with Crippen LogP contribution in [-0.4, -0.2) is 31.1 Å². The second-order valence-corrected chi connectivity index (χ2v) is 6.32. The Kier molecular flexibility index (Phi) is 5.45. The van der Waals surface area contributed by atoms with Gasteiger partial charge in [-0.15, -0.1) is 0 Å². The summed E-state index contributed by atoms with van der Waals surface area (Å²) in [7, 11) is 4.19. The van der Waals surface area contributed by atoms with Crippen molar-refractivity contribution in [1.82, 2.24) is 10.2 Å². The quantitative estimate of drug-likeness (QED) is 0.893. The maximum atomic E-state index is 6.05. The molecule has 0 aliphatic rings. The molecular formula is C13H20BrClN2. The molecule has 1 rings (SSSR count). The summed E-state index contributed by atoms with van der Waals surface area (Å²) in [5.74, 6) is 0. The fraction of sp³-hybridized carbons (Fsp3) is 0.538. The topological polar surface area (TPSA) is 15.3 Å². The van der Waals surface area contributed by atoms with Gasteiger partial charge in [-0.1, -0.05) is 17.7 Å². The van der Waals surface area contributed by atoms with Gasteiger partial charge in [-0.05, 0) is 61.6 Å². The van der Waals surface area contributed by atoms with E-state index in [-0.39, 0.29) is 5.54 Å². The molecule has 96 valence electrons. The summed E-state index contributed by atoms with van der Waals surface area (Å²) in [5.41, 5.74) is 1.35. The second-order valence-electron chi connectivity index (χ2n) is 5.06. The van der Waals surface area contributed by atoms with Crippen LogP contribution >= 0.6 is 27.5 Å². The number of nitrogens with one attached hydrogen (secondary N) is 1. The van der Waals surface area contributed by atoms with E-state index in [9.17, 15) is 0 Å². The molecular weight excluding hydrogens is 300 g/mol. The predicted molar refractivity (Wildman–Crippen MR) is 78.6 cm³/mol. The molecule has 2 nitrogen and oxygen atoms in total. The fourth-order valence-electron chi connectivity index (χ4n) is 1.32. The van der Waals surface area contributed by atoms with E-state index in [1.54, 1.807) is 0 Å². The normalized spacial score (nSPS) is 12.2. The van der Waals surface area contributed by atoms with E-state index in [1.807, 2.05) is 12.1 Å². The van der Waals surface area contributed by atoms with E-state index < -0.39 is 0 Å². The van der Waals surface area contributed by atoms with Crippen LogP contribution in [0, 0.1) is 0 Å². The van der Waals surface area contributed by atoms with Crippen LogP contribution in [0.3, 0.4) is 0 Å². The van der Waals surface area contributed by atoms with E-state index in [0.717, 1.165) is 22.6 Å². The minimum Gasteiger partial charge on any atom is -0.311 e. The molecule has 0 saturated heterocycles. The molecule has 0 atom stereocenters. The van der Waals surface area contributed by atoms with E-state index in [2.05, 4.69) is 60.2 Å². The lowest BCUT2D eigenvalue weighted by Gasteiger charge is -2.32. The van der Waals surface area contributed by atoms with Gasteiger partial charge < -0.3 is 10.2 Å². The number of hydrogen-bond acceptors (Lipinski definition) is 2. The monoisotopic (exact) mass is 318 g/mol. The van der Waals surface area contributed by atoms with Crippen molar-refractivity contribution in [1.29, 1.82) is 0 Å². The van der Waals surface area contributed by atoms with Gasteiger partial charge >= 0.3 is 0 Å². The lowest BCUT2D eigenvalue weighted by atomic mass is 10.0. The number of hydrogen-bond donors (Lipinski definition) is 1. The third-order valence-electron chi connectivity index (χ3n) is 3.08. The molecule has 4 heteroatoms. The van der Waals surface area contributed by atoms with Crippen molar-refractivity contribution >= 4 is 27.5 Å². The standard InChI is InChI=1S/C13H20BrClN2/c1-13(2,17(3)4)9-16-8-10-5-6-11(14)12(15)7-10/h5-7,16H,8-9H2,1-4H3. The summed E-state index contributed by atoms with van der Waals surface area (Å²) in [6.07, 6.45) is 0. The average molecular weight is 320 g/mol. The maximum absolute atomic E-state index is 6.05. The van der Waals surface area contributed by atoms with Crippen LogP contribution < -0.4 is 5.32 Å². The molecule has 0 saturated carbocycles. The second kappa shape index (κ2) is 6.19. The molecule has 0 heterocycles. The first-order valence-electron chi connectivity index (χ1n) is 5.65. The smallest absolute Gasteiger partial charge is 0.0551 e. The Balaban J connectivity index is 2.49. The van der Waals surface area contributed by atoms with Crippen LogP contribution in [0.4, 0.5) is 0 Å². The molecule has 0 aliphatic carbocycles. The van der Waals surface area contributed by atoms with Crippen molar-refractivity contribution in [3.05, 3.63) is 33.3 Å². The Morgan fingerprint density at radius 3 is 2.53 bits per heavy atom. The van der Waals surface area contributed by atoms with Crippen molar-refractivity contribution in [2.24, 2.45) is 0 Å². The van der Waals surface area contributed by atoms with Crippen LogP contribution in [0.1, 0.15) is 19.4 Å². The molecule has 0 bridgehead atoms. The fourth-order valence-corrected chi connectivity index (χ4v) is 1.77. The highest BCUT2D eigenvalue weighted by Gasteiger charge is 2.19. The number of nitrogens with zero attached hydrogens (tertiary/aromatic N) is 1. The van der Waals surface area contributed by atoms with Gasteiger partial charge in [-0.2, -0.15) is 0 Å². The summed E-state index contributed by atoms with van der Waals surface area (Å²) in [6.45, 7) is 6.21. The van der Waals surface area contributed by atoms with Crippen LogP contribution in [0.15, 0.2) is 22.7 Å². The van der Waals surface area contributed by atoms with Gasteiger partial charge in [0.25, 0.3) is 0 Å². The zero-order valence-corrected chi connectivity index (χ0v) is 13.2. The molecule has 0 aromatic heterocycles. The van der Waals surface area contributed by atoms with Gasteiger partial charge in [0.15, 0.2) is 0 Å². The molecule has 1 aromatic rings. The largest absolute Gasteiger partial charge is 0.311 e. The van der Waals surface area contributed by atoms with E-state index in [0.29, 0.717) is 0 Å². The van der Waals surface area contributed by atoms with E-state index in [4.69, 9.17) is 11.6 Å². The zero-order chi connectivity index (χ0) is 13.1. The van der Waals surface area contributed by atoms with Gasteiger partial charge in [0.1, 0.15) is 0 Å². The molecule has 0 fully saturated rings. The highest BCUT2D eigenvalue weighted by Crippen LogP contribution is 2.23. The number of halogens is 2. The predicted octanol–water partition coefficient (Wildman–Crippen LogP) is 3.53. The summed E-state index contributed by atoms with van der Waals surface area (Å²) in [5, 5.41) is 4.21. The van der Waals surface area contributed by atoms with Gasteiger partial charge in [-0.25, -0.2) is 0 Å². The molecule has 0 unspecified atom stereocenters. The van der Waals surface area contributed by atoms with Gasteiger partial charge in [0, 0.05) is 23.1 Å². The van der Waals surface area contributed by atoms with Crippen molar-refractivity contribution in [3.63, 3.8) is 0 Å². The van der Waals surface area contributed by atoms with E-state index >= 15 is 0 Å². The minimum absolute atomic E-state index is 0.152. The van der Waals surface area contributed by atoms with Crippen LogP contribution in [-0.2, 0) is 6.54 Å². The Morgan fingerprint density at radius 1 is 1.35 bits per heavy atom. The lowest BCUT2D eigenvalue weighted by molar-refractivity contribution is 0.190. The Bertz CT molecular complexity index is 378. The summed E-state index contributed by atoms with van der Waals surface area (Å²) < 4.78 is 0.941. The first-order chi connectivity index (χ1) is 7.83. The number of likely N-dealkylation sites (N-methyl/N-ethyl adjacent to an activating group) is 1. The third-order valence-corrected chi connectivity index (χ3v) is 4.31. The first-order valence-corrected chi connectivity index (χ1v) is 6.82. The van der Waals surface area contributed by atoms with Crippen molar-refractivity contribution in [3.8, 4) is 0 Å². The number of benzene rings is 1. The Labute approximate surface area is 117 Å². The van der Waals surface area contributed by atoms with Crippen molar-refractivity contribution < 1.29 is 0 Å². The minimum atomic E-state index is 0.152. The number of rotatable bonds is 5. The maximum Gasteiger partial charge on any atom is 0.0551 e. The van der Waals surface area contributed by atoms with Gasteiger partial charge in [-0.3, -0.25) is 0 Å². The van der Waals surface area contributed by atoms with Crippen molar-refractivity contribution in [2.75, 3.05) is 20.6 Å². The van der Waals surface area contributed by atoms with Crippen molar-refractivity contribution in [2.45, 2.75) is 25.9 Å². The summed E-state index contributed by atoms with van der Waals surface area (Å²) >= 11 is 9.44. The van der Waals surface area contributed by atoms with Crippen LogP contribution in [0.5, 0.6) is 0 Å². The zero-order valence-electron chi connectivity index (χ0n) is 10.8. The molecule has 0 amide bonds. The first kappa shape index (κ1) is 15.0. The highest BCUT2D eigenvalue weighted by molar-refractivity contribution is 9.10. The summed E-state index contributed by atoms with van der Waals surface area (Å²) in [4.78, 5) is 2.22. The summed E-state index contributed by atoms with van der Waals surface area (Å²) in [6, 6.07) is 6.04. The lowest BCUT2D eigenvalue weighted by Crippen LogP contribution is -2.46. The molecule has 17 heavy (non-hydrogen) atoms.